The van der Waals surface area contributed by atoms with E-state index in [2.05, 4.69) is 5.32 Å². The molecule has 20 heavy (non-hydrogen) atoms. The van der Waals surface area contributed by atoms with E-state index in [1.807, 2.05) is 6.07 Å². The predicted octanol–water partition coefficient (Wildman–Crippen LogP) is 1.23. The highest BCUT2D eigenvalue weighted by Crippen LogP contribution is 2.25. The van der Waals surface area contributed by atoms with E-state index >= 15 is 0 Å². The Balaban J connectivity index is 2.84. The van der Waals surface area contributed by atoms with Gasteiger partial charge in [-0.3, -0.25) is 9.59 Å². The molecular formula is C14H19NO5. The van der Waals surface area contributed by atoms with Crippen LogP contribution in [0.15, 0.2) is 18.2 Å². The van der Waals surface area contributed by atoms with Gasteiger partial charge in [0, 0.05) is 12.5 Å². The van der Waals surface area contributed by atoms with Crippen molar-refractivity contribution < 1.29 is 24.2 Å². The minimum Gasteiger partial charge on any atom is -0.497 e. The second-order valence-electron chi connectivity index (χ2n) is 4.30. The first kappa shape index (κ1) is 15.8. The van der Waals surface area contributed by atoms with Crippen LogP contribution in [0, 0.1) is 0 Å². The zero-order valence-electron chi connectivity index (χ0n) is 11.6. The number of amides is 1. The highest BCUT2D eigenvalue weighted by Gasteiger charge is 2.14. The monoisotopic (exact) mass is 281 g/mol. The van der Waals surface area contributed by atoms with Crippen molar-refractivity contribution in [2.24, 2.45) is 0 Å². The summed E-state index contributed by atoms with van der Waals surface area (Å²) in [6.07, 6.45) is 1.41. The van der Waals surface area contributed by atoms with Gasteiger partial charge in [0.2, 0.25) is 6.41 Å². The third-order valence-corrected chi connectivity index (χ3v) is 2.96. The van der Waals surface area contributed by atoms with Crippen LogP contribution in [0.25, 0.3) is 0 Å². The molecule has 1 aromatic carbocycles. The number of hydrogen-bond acceptors (Lipinski definition) is 4. The average Bonchev–Trinajstić information content (AvgIpc) is 2.44. The Morgan fingerprint density at radius 1 is 1.40 bits per heavy atom. The lowest BCUT2D eigenvalue weighted by molar-refractivity contribution is -0.137. The number of nitrogens with one attached hydrogen (secondary N) is 1. The highest BCUT2D eigenvalue weighted by molar-refractivity contribution is 5.66. The molecule has 6 nitrogen and oxygen atoms in total. The Hall–Kier alpha value is -2.24. The molecule has 0 heterocycles. The lowest BCUT2D eigenvalue weighted by Gasteiger charge is -2.17. The number of aliphatic carboxylic acids is 1. The SMILES string of the molecule is COc1ccc(OC)c(CC(CCC(=O)O)NC=O)c1. The largest absolute Gasteiger partial charge is 0.497 e. The summed E-state index contributed by atoms with van der Waals surface area (Å²) in [7, 11) is 3.13. The molecular weight excluding hydrogens is 262 g/mol. The topological polar surface area (TPSA) is 84.9 Å². The van der Waals surface area contributed by atoms with E-state index in [9.17, 15) is 9.59 Å². The van der Waals surface area contributed by atoms with Gasteiger partial charge in [0.05, 0.1) is 14.2 Å². The van der Waals surface area contributed by atoms with Gasteiger partial charge < -0.3 is 19.9 Å². The second-order valence-corrected chi connectivity index (χ2v) is 4.30. The van der Waals surface area contributed by atoms with Crippen molar-refractivity contribution >= 4 is 12.4 Å². The molecule has 1 atom stereocenters. The number of rotatable bonds is 9. The third-order valence-electron chi connectivity index (χ3n) is 2.96. The molecule has 0 aliphatic heterocycles. The molecule has 1 amide bonds. The van der Waals surface area contributed by atoms with Crippen LogP contribution >= 0.6 is 0 Å². The zero-order chi connectivity index (χ0) is 15.0. The summed E-state index contributed by atoms with van der Waals surface area (Å²) < 4.78 is 10.4. The zero-order valence-corrected chi connectivity index (χ0v) is 11.6. The molecule has 0 spiro atoms. The Morgan fingerprint density at radius 3 is 2.70 bits per heavy atom. The van der Waals surface area contributed by atoms with E-state index in [-0.39, 0.29) is 12.5 Å². The van der Waals surface area contributed by atoms with E-state index in [0.29, 0.717) is 30.8 Å². The van der Waals surface area contributed by atoms with Gasteiger partial charge >= 0.3 is 5.97 Å². The van der Waals surface area contributed by atoms with Gasteiger partial charge in [-0.05, 0) is 36.6 Å². The molecule has 1 unspecified atom stereocenters. The van der Waals surface area contributed by atoms with E-state index < -0.39 is 5.97 Å². The number of carboxylic acids is 1. The molecule has 0 bridgehead atoms. The minimum atomic E-state index is -0.889. The standard InChI is InChI=1S/C14H19NO5/c1-19-12-4-5-13(20-2)10(8-12)7-11(15-9-16)3-6-14(17)18/h4-5,8-9,11H,3,6-7H2,1-2H3,(H,15,16)(H,17,18). The van der Waals surface area contributed by atoms with Gasteiger partial charge in [-0.2, -0.15) is 0 Å². The van der Waals surface area contributed by atoms with Crippen LogP contribution in [0.4, 0.5) is 0 Å². The maximum atomic E-state index is 10.6. The number of benzene rings is 1. The number of carbonyl (C=O) groups excluding carboxylic acids is 1. The maximum Gasteiger partial charge on any atom is 0.303 e. The van der Waals surface area contributed by atoms with Crippen LogP contribution < -0.4 is 14.8 Å². The number of ether oxygens (including phenoxy) is 2. The summed E-state index contributed by atoms with van der Waals surface area (Å²) in [5.74, 6) is 0.475. The van der Waals surface area contributed by atoms with Crippen molar-refractivity contribution in [1.29, 1.82) is 0 Å². The second kappa shape index (κ2) is 8.04. The van der Waals surface area contributed by atoms with Crippen molar-refractivity contribution in [2.45, 2.75) is 25.3 Å². The van der Waals surface area contributed by atoms with Crippen LogP contribution in [0.2, 0.25) is 0 Å². The van der Waals surface area contributed by atoms with Gasteiger partial charge in [-0.25, -0.2) is 0 Å². The van der Waals surface area contributed by atoms with Crippen LogP contribution in [0.3, 0.4) is 0 Å². The molecule has 6 heteroatoms. The molecule has 2 N–H and O–H groups in total. The smallest absolute Gasteiger partial charge is 0.303 e. The normalized spacial score (nSPS) is 11.5. The Labute approximate surface area is 117 Å². The van der Waals surface area contributed by atoms with Gasteiger partial charge in [0.15, 0.2) is 0 Å². The van der Waals surface area contributed by atoms with Gasteiger partial charge in [0.25, 0.3) is 0 Å². The molecule has 1 aromatic rings. The van der Waals surface area contributed by atoms with E-state index in [1.165, 1.54) is 0 Å². The first-order valence-electron chi connectivity index (χ1n) is 6.23. The van der Waals surface area contributed by atoms with Crippen molar-refractivity contribution in [3.05, 3.63) is 23.8 Å². The molecule has 0 aliphatic rings. The van der Waals surface area contributed by atoms with Crippen LogP contribution in [-0.2, 0) is 16.0 Å². The summed E-state index contributed by atoms with van der Waals surface area (Å²) in [5.41, 5.74) is 0.858. The molecule has 110 valence electrons. The summed E-state index contributed by atoms with van der Waals surface area (Å²) >= 11 is 0. The van der Waals surface area contributed by atoms with E-state index in [1.54, 1.807) is 26.4 Å². The van der Waals surface area contributed by atoms with Gasteiger partial charge in [0.1, 0.15) is 11.5 Å². The van der Waals surface area contributed by atoms with E-state index in [4.69, 9.17) is 14.6 Å². The quantitative estimate of drug-likeness (QED) is 0.665. The Morgan fingerprint density at radius 2 is 2.15 bits per heavy atom. The first-order valence-corrected chi connectivity index (χ1v) is 6.23. The van der Waals surface area contributed by atoms with Crippen LogP contribution in [-0.4, -0.2) is 37.7 Å². The fourth-order valence-corrected chi connectivity index (χ4v) is 1.95. The number of carbonyl (C=O) groups is 2. The number of hydrogen-bond donors (Lipinski definition) is 2. The Bertz CT molecular complexity index is 461. The van der Waals surface area contributed by atoms with Crippen LogP contribution in [0.5, 0.6) is 11.5 Å². The molecule has 0 fully saturated rings. The fraction of sp³-hybridized carbons (Fsp3) is 0.429. The molecule has 0 saturated heterocycles. The van der Waals surface area contributed by atoms with Gasteiger partial charge in [-0.1, -0.05) is 0 Å². The molecule has 0 saturated carbocycles. The third kappa shape index (κ3) is 4.79. The summed E-state index contributed by atoms with van der Waals surface area (Å²) in [6.45, 7) is 0. The summed E-state index contributed by atoms with van der Waals surface area (Å²) in [4.78, 5) is 21.2. The average molecular weight is 281 g/mol. The molecule has 0 radical (unpaired) electrons. The predicted molar refractivity (Wildman–Crippen MR) is 73.1 cm³/mol. The molecule has 0 aliphatic carbocycles. The Kier molecular flexibility index (Phi) is 6.36. The van der Waals surface area contributed by atoms with Crippen molar-refractivity contribution in [2.75, 3.05) is 14.2 Å². The van der Waals surface area contributed by atoms with Crippen molar-refractivity contribution in [1.82, 2.24) is 5.32 Å². The van der Waals surface area contributed by atoms with Crippen molar-refractivity contribution in [3.8, 4) is 11.5 Å². The maximum absolute atomic E-state index is 10.6. The lowest BCUT2D eigenvalue weighted by Crippen LogP contribution is -2.30. The number of carboxylic acid groups (broad SMARTS) is 1. The summed E-state index contributed by atoms with van der Waals surface area (Å²) in [5, 5.41) is 11.4. The van der Waals surface area contributed by atoms with E-state index in [0.717, 1.165) is 5.56 Å². The first-order chi connectivity index (χ1) is 9.60. The number of methoxy groups -OCH3 is 2. The minimum absolute atomic E-state index is 0.00219. The molecule has 1 rings (SSSR count). The fourth-order valence-electron chi connectivity index (χ4n) is 1.95. The van der Waals surface area contributed by atoms with Crippen LogP contribution in [0.1, 0.15) is 18.4 Å². The molecule has 0 aromatic heterocycles. The van der Waals surface area contributed by atoms with Gasteiger partial charge in [-0.15, -0.1) is 0 Å². The summed E-state index contributed by atoms with van der Waals surface area (Å²) in [6, 6.07) is 5.12. The lowest BCUT2D eigenvalue weighted by atomic mass is 10.0. The van der Waals surface area contributed by atoms with Crippen molar-refractivity contribution in [3.63, 3.8) is 0 Å². The highest BCUT2D eigenvalue weighted by atomic mass is 16.5.